The van der Waals surface area contributed by atoms with Crippen LogP contribution in [0.2, 0.25) is 0 Å². The summed E-state index contributed by atoms with van der Waals surface area (Å²) in [6.45, 7) is 6.75. The Bertz CT molecular complexity index is 576. The van der Waals surface area contributed by atoms with Crippen molar-refractivity contribution in [2.24, 2.45) is 11.8 Å². The number of hydrogen-bond acceptors (Lipinski definition) is 2. The van der Waals surface area contributed by atoms with Crippen LogP contribution in [0, 0.1) is 11.8 Å². The average Bonchev–Trinajstić information content (AvgIpc) is 2.57. The Morgan fingerprint density at radius 1 is 1.12 bits per heavy atom. The smallest absolute Gasteiger partial charge is 0.189 e. The Labute approximate surface area is 156 Å². The lowest BCUT2D eigenvalue weighted by molar-refractivity contribution is 0.224. The molecular weight excluding hydrogens is 336 g/mol. The summed E-state index contributed by atoms with van der Waals surface area (Å²) in [4.78, 5) is 0. The Morgan fingerprint density at radius 2 is 1.88 bits per heavy atom. The molecular formula is C18H28N4S2. The summed E-state index contributed by atoms with van der Waals surface area (Å²) in [7, 11) is 0. The van der Waals surface area contributed by atoms with Gasteiger partial charge in [0, 0.05) is 11.7 Å². The predicted molar refractivity (Wildman–Crippen MR) is 110 cm³/mol. The lowest BCUT2D eigenvalue weighted by Crippen LogP contribution is -2.53. The highest BCUT2D eigenvalue weighted by Crippen LogP contribution is 2.29. The van der Waals surface area contributed by atoms with Gasteiger partial charge in [0.1, 0.15) is 0 Å². The quantitative estimate of drug-likeness (QED) is 0.484. The first-order chi connectivity index (χ1) is 11.5. The summed E-state index contributed by atoms with van der Waals surface area (Å²) < 4.78 is 0. The highest BCUT2D eigenvalue weighted by molar-refractivity contribution is 7.80. The van der Waals surface area contributed by atoms with Gasteiger partial charge in [0.2, 0.25) is 0 Å². The fourth-order valence-corrected chi connectivity index (χ4v) is 3.51. The number of benzene rings is 1. The number of rotatable bonds is 3. The normalized spacial score (nSPS) is 23.2. The number of hydrogen-bond donors (Lipinski definition) is 4. The van der Waals surface area contributed by atoms with Gasteiger partial charge in [-0.15, -0.1) is 0 Å². The Kier molecular flexibility index (Phi) is 7.24. The van der Waals surface area contributed by atoms with Crippen molar-refractivity contribution in [2.45, 2.75) is 52.5 Å². The molecule has 0 bridgehead atoms. The van der Waals surface area contributed by atoms with Crippen molar-refractivity contribution in [3.63, 3.8) is 0 Å². The Hall–Kier alpha value is -1.40. The zero-order valence-electron chi connectivity index (χ0n) is 14.7. The average molecular weight is 365 g/mol. The summed E-state index contributed by atoms with van der Waals surface area (Å²) >= 11 is 10.7. The third-order valence-electron chi connectivity index (χ3n) is 4.91. The molecule has 24 heavy (non-hydrogen) atoms. The van der Waals surface area contributed by atoms with E-state index in [-0.39, 0.29) is 0 Å². The van der Waals surface area contributed by atoms with Gasteiger partial charge in [0.25, 0.3) is 0 Å². The Balaban J connectivity index is 1.75. The van der Waals surface area contributed by atoms with Crippen LogP contribution in [-0.4, -0.2) is 16.3 Å². The molecule has 132 valence electrons. The minimum absolute atomic E-state index is 0.429. The summed E-state index contributed by atoms with van der Waals surface area (Å²) in [6, 6.07) is 8.64. The highest BCUT2D eigenvalue weighted by atomic mass is 32.1. The van der Waals surface area contributed by atoms with Crippen LogP contribution in [0.1, 0.15) is 45.6 Å². The molecule has 4 nitrogen and oxygen atoms in total. The molecule has 0 unspecified atom stereocenters. The molecule has 3 atom stereocenters. The zero-order valence-corrected chi connectivity index (χ0v) is 16.3. The van der Waals surface area contributed by atoms with Gasteiger partial charge < -0.3 is 10.6 Å². The van der Waals surface area contributed by atoms with Crippen molar-refractivity contribution in [1.82, 2.24) is 16.2 Å². The minimum Gasteiger partial charge on any atom is -0.358 e. The maximum atomic E-state index is 5.38. The van der Waals surface area contributed by atoms with Gasteiger partial charge in [-0.1, -0.05) is 45.7 Å². The third kappa shape index (κ3) is 5.60. The van der Waals surface area contributed by atoms with Crippen molar-refractivity contribution < 1.29 is 0 Å². The lowest BCUT2D eigenvalue weighted by Gasteiger charge is -2.35. The summed E-state index contributed by atoms with van der Waals surface area (Å²) in [6.07, 6.45) is 4.73. The van der Waals surface area contributed by atoms with Gasteiger partial charge >= 0.3 is 0 Å². The van der Waals surface area contributed by atoms with Gasteiger partial charge in [-0.2, -0.15) is 0 Å². The van der Waals surface area contributed by atoms with Gasteiger partial charge in [0.15, 0.2) is 10.2 Å². The molecule has 6 heteroatoms. The van der Waals surface area contributed by atoms with Crippen LogP contribution in [-0.2, 0) is 6.42 Å². The van der Waals surface area contributed by atoms with Crippen molar-refractivity contribution >= 4 is 40.3 Å². The molecule has 0 saturated heterocycles. The van der Waals surface area contributed by atoms with E-state index in [1.54, 1.807) is 0 Å². The fourth-order valence-electron chi connectivity index (χ4n) is 3.14. The molecule has 4 N–H and O–H groups in total. The van der Waals surface area contributed by atoms with E-state index in [0.29, 0.717) is 22.2 Å². The molecule has 0 aliphatic heterocycles. The molecule has 2 rings (SSSR count). The number of hydrazine groups is 1. The number of aryl methyl sites for hydroxylation is 1. The standard InChI is InChI=1S/C18H28N4S2/c1-4-14-8-6-9-15(11-14)19-17(23)21-22-18(24)20-16-10-5-7-12(2)13(16)3/h6,8-9,11-13,16H,4-5,7,10H2,1-3H3,(H2,19,21,23)(H2,20,22,24)/t12-,13-,16+/m0/s1. The molecule has 0 spiro atoms. The van der Waals surface area contributed by atoms with Gasteiger partial charge in [0.05, 0.1) is 0 Å². The van der Waals surface area contributed by atoms with E-state index in [1.165, 1.54) is 24.8 Å². The molecule has 1 aromatic carbocycles. The molecule has 1 aliphatic carbocycles. The molecule has 1 aliphatic rings. The largest absolute Gasteiger partial charge is 0.358 e. The third-order valence-corrected chi connectivity index (χ3v) is 5.33. The van der Waals surface area contributed by atoms with E-state index < -0.39 is 0 Å². The van der Waals surface area contributed by atoms with Crippen molar-refractivity contribution in [3.8, 4) is 0 Å². The van der Waals surface area contributed by atoms with E-state index in [1.807, 2.05) is 12.1 Å². The van der Waals surface area contributed by atoms with E-state index in [0.717, 1.165) is 18.0 Å². The molecule has 1 fully saturated rings. The fraction of sp³-hybridized carbons (Fsp3) is 0.556. The van der Waals surface area contributed by atoms with E-state index >= 15 is 0 Å². The van der Waals surface area contributed by atoms with Gasteiger partial charge in [-0.3, -0.25) is 10.9 Å². The van der Waals surface area contributed by atoms with Crippen LogP contribution in [0.3, 0.4) is 0 Å². The molecule has 1 saturated carbocycles. The first-order valence-corrected chi connectivity index (χ1v) is 9.53. The maximum Gasteiger partial charge on any atom is 0.189 e. The van der Waals surface area contributed by atoms with Crippen molar-refractivity contribution in [1.29, 1.82) is 0 Å². The summed E-state index contributed by atoms with van der Waals surface area (Å²) in [5.41, 5.74) is 8.18. The molecule has 0 aromatic heterocycles. The van der Waals surface area contributed by atoms with Crippen LogP contribution in [0.4, 0.5) is 5.69 Å². The second-order valence-corrected chi connectivity index (χ2v) is 7.42. The summed E-state index contributed by atoms with van der Waals surface area (Å²) in [5, 5.41) is 7.66. The van der Waals surface area contributed by atoms with Crippen LogP contribution >= 0.6 is 24.4 Å². The number of thiocarbonyl (C=S) groups is 2. The zero-order chi connectivity index (χ0) is 17.5. The predicted octanol–water partition coefficient (Wildman–Crippen LogP) is 3.74. The van der Waals surface area contributed by atoms with Crippen LogP contribution < -0.4 is 21.5 Å². The molecule has 0 heterocycles. The van der Waals surface area contributed by atoms with E-state index in [4.69, 9.17) is 24.4 Å². The topological polar surface area (TPSA) is 48.1 Å². The van der Waals surface area contributed by atoms with E-state index in [9.17, 15) is 0 Å². The second-order valence-electron chi connectivity index (χ2n) is 6.61. The highest BCUT2D eigenvalue weighted by Gasteiger charge is 2.27. The molecule has 0 amide bonds. The number of nitrogens with one attached hydrogen (secondary N) is 4. The summed E-state index contributed by atoms with van der Waals surface area (Å²) in [5.74, 6) is 1.36. The SMILES string of the molecule is CCc1cccc(NC(=S)NNC(=S)N[C@@H]2CCC[C@H](C)[C@@H]2C)c1. The van der Waals surface area contributed by atoms with E-state index in [2.05, 4.69) is 54.4 Å². The molecule has 0 radical (unpaired) electrons. The monoisotopic (exact) mass is 364 g/mol. The Morgan fingerprint density at radius 3 is 2.62 bits per heavy atom. The van der Waals surface area contributed by atoms with Crippen LogP contribution in [0.5, 0.6) is 0 Å². The minimum atomic E-state index is 0.429. The first kappa shape index (κ1) is 18.9. The van der Waals surface area contributed by atoms with Crippen molar-refractivity contribution in [2.75, 3.05) is 5.32 Å². The number of anilines is 1. The lowest BCUT2D eigenvalue weighted by atomic mass is 9.78. The van der Waals surface area contributed by atoms with Crippen LogP contribution in [0.25, 0.3) is 0 Å². The first-order valence-electron chi connectivity index (χ1n) is 8.72. The second kappa shape index (κ2) is 9.18. The van der Waals surface area contributed by atoms with Crippen LogP contribution in [0.15, 0.2) is 24.3 Å². The van der Waals surface area contributed by atoms with Crippen molar-refractivity contribution in [3.05, 3.63) is 29.8 Å². The van der Waals surface area contributed by atoms with Gasteiger partial charge in [-0.05, 0) is 66.8 Å². The molecule has 1 aromatic rings. The van der Waals surface area contributed by atoms with Gasteiger partial charge in [-0.25, -0.2) is 0 Å². The maximum absolute atomic E-state index is 5.38.